The van der Waals surface area contributed by atoms with Gasteiger partial charge in [-0.25, -0.2) is 4.79 Å². The fourth-order valence-corrected chi connectivity index (χ4v) is 2.36. The van der Waals surface area contributed by atoms with Crippen molar-refractivity contribution in [3.05, 3.63) is 74.8 Å². The number of benzene rings is 2. The molecule has 0 aliphatic rings. The molecule has 0 aliphatic carbocycles. The van der Waals surface area contributed by atoms with E-state index in [0.29, 0.717) is 5.02 Å². The first-order valence-corrected chi connectivity index (χ1v) is 7.71. The van der Waals surface area contributed by atoms with Crippen molar-refractivity contribution >= 4 is 29.2 Å². The lowest BCUT2D eigenvalue weighted by Gasteiger charge is -2.14. The third-order valence-electron chi connectivity index (χ3n) is 3.38. The van der Waals surface area contributed by atoms with Crippen LogP contribution in [0.3, 0.4) is 0 Å². The minimum atomic E-state index is -0.933. The summed E-state index contributed by atoms with van der Waals surface area (Å²) in [7, 11) is 0. The second kappa shape index (κ2) is 8.25. The minimum absolute atomic E-state index is 0.205. The Kier molecular flexibility index (Phi) is 6.08. The number of para-hydroxylation sites is 1. The summed E-state index contributed by atoms with van der Waals surface area (Å²) in [6.45, 7) is 1.21. The molecule has 0 aromatic heterocycles. The van der Waals surface area contributed by atoms with Gasteiger partial charge in [-0.3, -0.25) is 14.9 Å². The molecule has 0 unspecified atom stereocenters. The van der Waals surface area contributed by atoms with Gasteiger partial charge in [0.15, 0.2) is 6.61 Å². The zero-order chi connectivity index (χ0) is 18.4. The van der Waals surface area contributed by atoms with Crippen molar-refractivity contribution in [2.24, 2.45) is 0 Å². The monoisotopic (exact) mass is 362 g/mol. The van der Waals surface area contributed by atoms with E-state index in [4.69, 9.17) is 16.3 Å². The summed E-state index contributed by atoms with van der Waals surface area (Å²) in [5.41, 5.74) is 0.217. The molecule has 1 atom stereocenters. The number of nitrogens with one attached hydrogen (secondary N) is 1. The van der Waals surface area contributed by atoms with Crippen LogP contribution in [-0.2, 0) is 9.53 Å². The molecule has 0 fully saturated rings. The molecule has 1 N–H and O–H groups in total. The van der Waals surface area contributed by atoms with Gasteiger partial charge in [0.2, 0.25) is 0 Å². The smallest absolute Gasteiger partial charge is 0.345 e. The van der Waals surface area contributed by atoms with Crippen LogP contribution in [0.25, 0.3) is 0 Å². The number of hydrogen-bond acceptors (Lipinski definition) is 5. The Labute approximate surface area is 148 Å². The molecule has 0 heterocycles. The molecule has 7 nitrogen and oxygen atoms in total. The second-order valence-corrected chi connectivity index (χ2v) is 5.63. The fourth-order valence-electron chi connectivity index (χ4n) is 2.16. The Morgan fingerprint density at radius 3 is 2.64 bits per heavy atom. The maximum atomic E-state index is 12.0. The van der Waals surface area contributed by atoms with Crippen LogP contribution in [0.4, 0.5) is 5.69 Å². The molecule has 25 heavy (non-hydrogen) atoms. The molecule has 0 aliphatic heterocycles. The summed E-state index contributed by atoms with van der Waals surface area (Å²) in [6, 6.07) is 12.0. The Balaban J connectivity index is 1.94. The lowest BCUT2D eigenvalue weighted by Crippen LogP contribution is -2.31. The number of esters is 1. The predicted octanol–water partition coefficient (Wildman–Crippen LogP) is 3.28. The third kappa shape index (κ3) is 5.02. The van der Waals surface area contributed by atoms with E-state index in [1.807, 2.05) is 0 Å². The van der Waals surface area contributed by atoms with Gasteiger partial charge in [-0.05, 0) is 30.7 Å². The topological polar surface area (TPSA) is 98.5 Å². The van der Waals surface area contributed by atoms with Gasteiger partial charge in [0.05, 0.1) is 11.0 Å². The van der Waals surface area contributed by atoms with Gasteiger partial charge in [0, 0.05) is 11.1 Å². The highest BCUT2D eigenvalue weighted by molar-refractivity contribution is 6.30. The van der Waals surface area contributed by atoms with Crippen LogP contribution in [0.15, 0.2) is 48.5 Å². The summed E-state index contributed by atoms with van der Waals surface area (Å²) in [4.78, 5) is 34.1. The molecule has 0 saturated carbocycles. The number of ether oxygens (including phenoxy) is 1. The van der Waals surface area contributed by atoms with E-state index in [-0.39, 0.29) is 17.3 Å². The van der Waals surface area contributed by atoms with E-state index in [1.165, 1.54) is 24.3 Å². The second-order valence-electron chi connectivity index (χ2n) is 5.19. The first kappa shape index (κ1) is 18.4. The van der Waals surface area contributed by atoms with Crippen LogP contribution in [0.5, 0.6) is 0 Å². The van der Waals surface area contributed by atoms with E-state index >= 15 is 0 Å². The molecule has 8 heteroatoms. The van der Waals surface area contributed by atoms with Crippen molar-refractivity contribution in [3.8, 4) is 0 Å². The quantitative estimate of drug-likeness (QED) is 0.483. The number of rotatable bonds is 6. The minimum Gasteiger partial charge on any atom is -0.452 e. The van der Waals surface area contributed by atoms with E-state index in [2.05, 4.69) is 5.32 Å². The molecule has 2 aromatic carbocycles. The highest BCUT2D eigenvalue weighted by atomic mass is 35.5. The number of carbonyl (C=O) groups excluding carboxylic acids is 2. The standard InChI is InChI=1S/C17H15ClN2O5/c1-11(12-5-4-6-13(18)9-12)19-16(21)10-25-17(22)14-7-2-3-8-15(14)20(23)24/h2-9,11H,10H2,1H3,(H,19,21)/t11-/m0/s1. The van der Waals surface area contributed by atoms with Crippen molar-refractivity contribution in [2.45, 2.75) is 13.0 Å². The lowest BCUT2D eigenvalue weighted by atomic mass is 10.1. The van der Waals surface area contributed by atoms with Crippen LogP contribution in [-0.4, -0.2) is 23.4 Å². The molecule has 2 aromatic rings. The Bertz CT molecular complexity index is 809. The lowest BCUT2D eigenvalue weighted by molar-refractivity contribution is -0.385. The zero-order valence-corrected chi connectivity index (χ0v) is 14.0. The molecule has 1 amide bonds. The van der Waals surface area contributed by atoms with Crippen LogP contribution >= 0.6 is 11.6 Å². The number of nitrogens with zero attached hydrogens (tertiary/aromatic N) is 1. The SMILES string of the molecule is C[C@H](NC(=O)COC(=O)c1ccccc1[N+](=O)[O-])c1cccc(Cl)c1. The first-order valence-electron chi connectivity index (χ1n) is 7.34. The Morgan fingerprint density at radius 2 is 1.96 bits per heavy atom. The summed E-state index contributed by atoms with van der Waals surface area (Å²) in [5, 5.41) is 14.1. The third-order valence-corrected chi connectivity index (χ3v) is 3.62. The molecule has 0 spiro atoms. The van der Waals surface area contributed by atoms with E-state index in [0.717, 1.165) is 5.56 Å². The van der Waals surface area contributed by atoms with Crippen molar-refractivity contribution in [2.75, 3.05) is 6.61 Å². The molecular formula is C17H15ClN2O5. The van der Waals surface area contributed by atoms with E-state index in [1.54, 1.807) is 31.2 Å². The van der Waals surface area contributed by atoms with Gasteiger partial charge in [-0.2, -0.15) is 0 Å². The average Bonchev–Trinajstić information content (AvgIpc) is 2.59. The van der Waals surface area contributed by atoms with Gasteiger partial charge in [0.25, 0.3) is 11.6 Å². The zero-order valence-electron chi connectivity index (χ0n) is 13.3. The first-order chi connectivity index (χ1) is 11.9. The summed E-state index contributed by atoms with van der Waals surface area (Å²) < 4.78 is 4.86. The summed E-state index contributed by atoms with van der Waals surface area (Å²) in [6.07, 6.45) is 0. The van der Waals surface area contributed by atoms with Gasteiger partial charge in [-0.1, -0.05) is 35.9 Å². The van der Waals surface area contributed by atoms with Crippen molar-refractivity contribution in [1.29, 1.82) is 0 Å². The number of halogens is 1. The van der Waals surface area contributed by atoms with Crippen LogP contribution in [0.1, 0.15) is 28.9 Å². The van der Waals surface area contributed by atoms with Crippen molar-refractivity contribution in [3.63, 3.8) is 0 Å². The molecule has 0 bridgehead atoms. The molecule has 2 rings (SSSR count). The van der Waals surface area contributed by atoms with Gasteiger partial charge in [-0.15, -0.1) is 0 Å². The molecular weight excluding hydrogens is 348 g/mol. The highest BCUT2D eigenvalue weighted by Crippen LogP contribution is 2.19. The number of amides is 1. The van der Waals surface area contributed by atoms with Gasteiger partial charge >= 0.3 is 5.97 Å². The number of hydrogen-bond donors (Lipinski definition) is 1. The average molecular weight is 363 g/mol. The predicted molar refractivity (Wildman–Crippen MR) is 91.4 cm³/mol. The highest BCUT2D eigenvalue weighted by Gasteiger charge is 2.21. The maximum absolute atomic E-state index is 12.0. The largest absolute Gasteiger partial charge is 0.452 e. The van der Waals surface area contributed by atoms with Crippen LogP contribution in [0, 0.1) is 10.1 Å². The molecule has 0 radical (unpaired) electrons. The summed E-state index contributed by atoms with van der Waals surface area (Å²) in [5.74, 6) is -1.46. The summed E-state index contributed by atoms with van der Waals surface area (Å²) >= 11 is 5.90. The number of nitro benzene ring substituents is 1. The molecule has 130 valence electrons. The Hall–Kier alpha value is -2.93. The van der Waals surface area contributed by atoms with E-state index < -0.39 is 23.4 Å². The number of carbonyl (C=O) groups is 2. The van der Waals surface area contributed by atoms with Crippen LogP contribution in [0.2, 0.25) is 5.02 Å². The normalized spacial score (nSPS) is 11.4. The van der Waals surface area contributed by atoms with Gasteiger partial charge < -0.3 is 10.1 Å². The van der Waals surface area contributed by atoms with Gasteiger partial charge in [0.1, 0.15) is 5.56 Å². The van der Waals surface area contributed by atoms with E-state index in [9.17, 15) is 19.7 Å². The van der Waals surface area contributed by atoms with Crippen molar-refractivity contribution in [1.82, 2.24) is 5.32 Å². The Morgan fingerprint density at radius 1 is 1.24 bits per heavy atom. The maximum Gasteiger partial charge on any atom is 0.345 e. The van der Waals surface area contributed by atoms with Crippen molar-refractivity contribution < 1.29 is 19.2 Å². The fraction of sp³-hybridized carbons (Fsp3) is 0.176. The van der Waals surface area contributed by atoms with Crippen LogP contribution < -0.4 is 5.32 Å². The molecule has 0 saturated heterocycles. The number of nitro groups is 1.